The van der Waals surface area contributed by atoms with Crippen LogP contribution in [0.25, 0.3) is 0 Å². The molecule has 1 heterocycles. The maximum atomic E-state index is 12.1. The summed E-state index contributed by atoms with van der Waals surface area (Å²) in [5.74, 6) is 1.12. The van der Waals surface area contributed by atoms with Gasteiger partial charge >= 0.3 is 0 Å². The molecule has 0 bridgehead atoms. The fourth-order valence-corrected chi connectivity index (χ4v) is 2.60. The first-order valence-corrected chi connectivity index (χ1v) is 7.23. The normalized spacial score (nSPS) is 13.2. The number of hydrogen-bond acceptors (Lipinski definition) is 3. The van der Waals surface area contributed by atoms with E-state index in [1.807, 2.05) is 18.2 Å². The molecule has 0 spiro atoms. The van der Waals surface area contributed by atoms with Crippen LogP contribution in [0.2, 0.25) is 0 Å². The molecule has 1 amide bonds. The van der Waals surface area contributed by atoms with Crippen molar-refractivity contribution in [3.05, 3.63) is 42.0 Å². The van der Waals surface area contributed by atoms with E-state index >= 15 is 0 Å². The van der Waals surface area contributed by atoms with Crippen molar-refractivity contribution in [2.45, 2.75) is 33.1 Å². The Hall–Kier alpha value is -2.49. The lowest BCUT2D eigenvalue weighted by Crippen LogP contribution is -2.26. The number of phenolic OH excluding ortho intramolecular Hbond substituents is 1. The van der Waals surface area contributed by atoms with Gasteiger partial charge in [0, 0.05) is 13.0 Å². The third-order valence-corrected chi connectivity index (χ3v) is 3.79. The number of ether oxygens (including phenoxy) is 1. The smallest absolute Gasteiger partial charge is 0.228 e. The van der Waals surface area contributed by atoms with Gasteiger partial charge < -0.3 is 9.84 Å². The van der Waals surface area contributed by atoms with E-state index in [2.05, 4.69) is 20.8 Å². The Balaban J connectivity index is 2.18. The molecule has 1 aliphatic rings. The molecule has 2 aromatic rings. The first-order valence-electron chi connectivity index (χ1n) is 7.23. The lowest BCUT2D eigenvalue weighted by molar-refractivity contribution is -0.115. The minimum absolute atomic E-state index is 0.0153. The summed E-state index contributed by atoms with van der Waals surface area (Å²) in [5, 5.41) is 9.66. The van der Waals surface area contributed by atoms with Gasteiger partial charge in [0.05, 0.1) is 11.4 Å². The van der Waals surface area contributed by atoms with Crippen LogP contribution in [0.3, 0.4) is 0 Å². The second-order valence-corrected chi connectivity index (χ2v) is 6.54. The second-order valence-electron chi connectivity index (χ2n) is 6.54. The minimum atomic E-state index is -0.0972. The molecule has 4 nitrogen and oxygen atoms in total. The van der Waals surface area contributed by atoms with Gasteiger partial charge in [0.2, 0.25) is 5.91 Å². The van der Waals surface area contributed by atoms with E-state index in [0.29, 0.717) is 17.2 Å². The Morgan fingerprint density at radius 2 is 1.64 bits per heavy atom. The van der Waals surface area contributed by atoms with Crippen LogP contribution < -0.4 is 9.64 Å². The zero-order valence-corrected chi connectivity index (χ0v) is 13.2. The number of hydrogen-bond donors (Lipinski definition) is 1. The number of carbonyl (C=O) groups is 1. The Morgan fingerprint density at radius 1 is 1.05 bits per heavy atom. The molecule has 1 aliphatic heterocycles. The number of carbonyl (C=O) groups excluding carboxylic acids is 1. The number of fused-ring (bicyclic) bond motifs is 2. The Labute approximate surface area is 130 Å². The van der Waals surface area contributed by atoms with Gasteiger partial charge in [0.1, 0.15) is 5.75 Å². The first-order chi connectivity index (χ1) is 10.3. The van der Waals surface area contributed by atoms with Crippen LogP contribution in [0, 0.1) is 0 Å². The van der Waals surface area contributed by atoms with Crippen molar-refractivity contribution in [1.82, 2.24) is 0 Å². The number of anilines is 2. The topological polar surface area (TPSA) is 49.8 Å². The molecular weight excluding hydrogens is 278 g/mol. The summed E-state index contributed by atoms with van der Waals surface area (Å²) < 4.78 is 5.92. The standard InChI is InChI=1S/C18H19NO3/c1-11(20)19-14-7-5-12(18(2,3)4)9-16(14)22-17-10-13(21)6-8-15(17)19/h5-10,21H,1-4H3. The predicted octanol–water partition coefficient (Wildman–Crippen LogP) is 4.48. The maximum absolute atomic E-state index is 12.1. The Kier molecular flexibility index (Phi) is 3.13. The molecule has 0 saturated heterocycles. The molecule has 114 valence electrons. The van der Waals surface area contributed by atoms with Crippen LogP contribution >= 0.6 is 0 Å². The Morgan fingerprint density at radius 3 is 2.23 bits per heavy atom. The molecule has 0 fully saturated rings. The fourth-order valence-electron chi connectivity index (χ4n) is 2.60. The summed E-state index contributed by atoms with van der Waals surface area (Å²) in [6, 6.07) is 10.6. The molecule has 22 heavy (non-hydrogen) atoms. The van der Waals surface area contributed by atoms with Gasteiger partial charge in [-0.25, -0.2) is 0 Å². The van der Waals surface area contributed by atoms with E-state index in [9.17, 15) is 9.90 Å². The number of nitrogens with zero attached hydrogens (tertiary/aromatic N) is 1. The number of amides is 1. The minimum Gasteiger partial charge on any atom is -0.508 e. The van der Waals surface area contributed by atoms with Crippen LogP contribution in [0.1, 0.15) is 33.3 Å². The summed E-state index contributed by atoms with van der Waals surface area (Å²) in [4.78, 5) is 13.7. The van der Waals surface area contributed by atoms with Crippen LogP contribution in [0.15, 0.2) is 36.4 Å². The number of aromatic hydroxyl groups is 1. The molecule has 2 aromatic carbocycles. The largest absolute Gasteiger partial charge is 0.508 e. The fraction of sp³-hybridized carbons (Fsp3) is 0.278. The van der Waals surface area contributed by atoms with Crippen molar-refractivity contribution < 1.29 is 14.6 Å². The SMILES string of the molecule is CC(=O)N1c2ccc(O)cc2Oc2cc(C(C)(C)C)ccc21. The van der Waals surface area contributed by atoms with Crippen LogP contribution in [-0.4, -0.2) is 11.0 Å². The van der Waals surface area contributed by atoms with Crippen molar-refractivity contribution in [2.24, 2.45) is 0 Å². The molecule has 0 saturated carbocycles. The molecule has 3 rings (SSSR count). The van der Waals surface area contributed by atoms with Crippen LogP contribution in [0.4, 0.5) is 11.4 Å². The molecule has 0 aromatic heterocycles. The highest BCUT2D eigenvalue weighted by Crippen LogP contribution is 2.48. The van der Waals surface area contributed by atoms with Gasteiger partial charge in [-0.15, -0.1) is 0 Å². The third kappa shape index (κ3) is 2.30. The zero-order chi connectivity index (χ0) is 16.1. The van der Waals surface area contributed by atoms with E-state index in [4.69, 9.17) is 4.74 Å². The molecule has 0 atom stereocenters. The van der Waals surface area contributed by atoms with Crippen molar-refractivity contribution in [3.8, 4) is 17.2 Å². The molecule has 0 radical (unpaired) electrons. The summed E-state index contributed by atoms with van der Waals surface area (Å²) in [6.07, 6.45) is 0. The average molecular weight is 297 g/mol. The summed E-state index contributed by atoms with van der Waals surface area (Å²) in [6.45, 7) is 7.89. The highest BCUT2D eigenvalue weighted by molar-refractivity contribution is 6.03. The van der Waals surface area contributed by atoms with Crippen LogP contribution in [0.5, 0.6) is 17.2 Å². The summed E-state index contributed by atoms with van der Waals surface area (Å²) in [5.41, 5.74) is 2.47. The quantitative estimate of drug-likeness (QED) is 0.780. The monoisotopic (exact) mass is 297 g/mol. The van der Waals surface area contributed by atoms with E-state index in [-0.39, 0.29) is 17.1 Å². The molecule has 0 unspecified atom stereocenters. The van der Waals surface area contributed by atoms with E-state index in [1.54, 1.807) is 17.0 Å². The van der Waals surface area contributed by atoms with Crippen molar-refractivity contribution in [2.75, 3.05) is 4.90 Å². The zero-order valence-electron chi connectivity index (χ0n) is 13.2. The van der Waals surface area contributed by atoms with Crippen molar-refractivity contribution in [3.63, 3.8) is 0 Å². The van der Waals surface area contributed by atoms with Gasteiger partial charge in [-0.2, -0.15) is 0 Å². The highest BCUT2D eigenvalue weighted by atomic mass is 16.5. The van der Waals surface area contributed by atoms with Crippen molar-refractivity contribution in [1.29, 1.82) is 0 Å². The maximum Gasteiger partial charge on any atom is 0.228 e. The summed E-state index contributed by atoms with van der Waals surface area (Å²) >= 11 is 0. The van der Waals surface area contributed by atoms with Gasteiger partial charge in [0.25, 0.3) is 0 Å². The predicted molar refractivity (Wildman–Crippen MR) is 86.1 cm³/mol. The molecule has 4 heteroatoms. The molecule has 0 aliphatic carbocycles. The van der Waals surface area contributed by atoms with E-state index in [1.165, 1.54) is 13.0 Å². The molecular formula is C18H19NO3. The highest BCUT2D eigenvalue weighted by Gasteiger charge is 2.28. The number of rotatable bonds is 0. The summed E-state index contributed by atoms with van der Waals surface area (Å²) in [7, 11) is 0. The van der Waals surface area contributed by atoms with E-state index < -0.39 is 0 Å². The second kappa shape index (κ2) is 4.77. The average Bonchev–Trinajstić information content (AvgIpc) is 2.42. The first kappa shape index (κ1) is 14.4. The lowest BCUT2D eigenvalue weighted by atomic mass is 9.86. The molecule has 1 N–H and O–H groups in total. The number of phenols is 1. The lowest BCUT2D eigenvalue weighted by Gasteiger charge is -2.32. The third-order valence-electron chi connectivity index (χ3n) is 3.79. The Bertz CT molecular complexity index is 759. The number of benzene rings is 2. The van der Waals surface area contributed by atoms with Gasteiger partial charge in [-0.3, -0.25) is 9.69 Å². The van der Waals surface area contributed by atoms with Gasteiger partial charge in [0.15, 0.2) is 11.5 Å². The van der Waals surface area contributed by atoms with Crippen LogP contribution in [-0.2, 0) is 10.2 Å². The van der Waals surface area contributed by atoms with E-state index in [0.717, 1.165) is 11.3 Å². The van der Waals surface area contributed by atoms with Gasteiger partial charge in [-0.1, -0.05) is 26.8 Å². The van der Waals surface area contributed by atoms with Gasteiger partial charge in [-0.05, 0) is 35.2 Å². The van der Waals surface area contributed by atoms with Crippen molar-refractivity contribution >= 4 is 17.3 Å².